The van der Waals surface area contributed by atoms with Gasteiger partial charge in [-0.15, -0.1) is 0 Å². The van der Waals surface area contributed by atoms with Crippen LogP contribution in [0.5, 0.6) is 0 Å². The lowest BCUT2D eigenvalue weighted by atomic mass is 10.1. The van der Waals surface area contributed by atoms with Gasteiger partial charge in [-0.25, -0.2) is 0 Å². The number of hydrogen-bond donors (Lipinski definition) is 0. The minimum Gasteiger partial charge on any atom is -0.340 e. The van der Waals surface area contributed by atoms with Gasteiger partial charge in [0.2, 0.25) is 0 Å². The zero-order valence-electron chi connectivity index (χ0n) is 7.49. The molecule has 0 bridgehead atoms. The standard InChI is InChI=1S/C8H7IN4O/c1-12-3-2-5-6(4-10)11-13(9)7(5)8(12)14/h2-3H2,1H3. The van der Waals surface area contributed by atoms with Crippen LogP contribution in [0.3, 0.4) is 0 Å². The molecule has 0 N–H and O–H groups in total. The van der Waals surface area contributed by atoms with Crippen molar-refractivity contribution in [3.05, 3.63) is 17.0 Å². The topological polar surface area (TPSA) is 61.9 Å². The molecule has 72 valence electrons. The van der Waals surface area contributed by atoms with Crippen LogP contribution in [-0.4, -0.2) is 32.4 Å². The first-order valence-electron chi connectivity index (χ1n) is 4.08. The van der Waals surface area contributed by atoms with Gasteiger partial charge in [0, 0.05) is 19.2 Å². The molecule has 0 unspecified atom stereocenters. The highest BCUT2D eigenvalue weighted by Gasteiger charge is 2.29. The second-order valence-electron chi connectivity index (χ2n) is 3.12. The fraction of sp³-hybridized carbons (Fsp3) is 0.375. The Hall–Kier alpha value is -1.10. The predicted molar refractivity (Wildman–Crippen MR) is 57.0 cm³/mol. The van der Waals surface area contributed by atoms with Gasteiger partial charge in [0.1, 0.15) is 11.8 Å². The summed E-state index contributed by atoms with van der Waals surface area (Å²) in [4.78, 5) is 13.4. The van der Waals surface area contributed by atoms with Gasteiger partial charge in [-0.3, -0.25) is 4.79 Å². The lowest BCUT2D eigenvalue weighted by molar-refractivity contribution is 0.0774. The first-order chi connectivity index (χ1) is 6.65. The maximum atomic E-state index is 11.7. The number of nitrogens with zero attached hydrogens (tertiary/aromatic N) is 4. The zero-order valence-corrected chi connectivity index (χ0v) is 9.65. The Labute approximate surface area is 94.8 Å². The van der Waals surface area contributed by atoms with Gasteiger partial charge in [-0.2, -0.15) is 13.3 Å². The maximum absolute atomic E-state index is 11.7. The van der Waals surface area contributed by atoms with Gasteiger partial charge in [0.05, 0.1) is 22.9 Å². The van der Waals surface area contributed by atoms with Crippen molar-refractivity contribution in [3.8, 4) is 6.07 Å². The van der Waals surface area contributed by atoms with E-state index in [0.29, 0.717) is 24.4 Å². The third-order valence-corrected chi connectivity index (χ3v) is 2.99. The van der Waals surface area contributed by atoms with Crippen molar-refractivity contribution in [1.82, 2.24) is 12.9 Å². The number of fused-ring (bicyclic) bond motifs is 1. The minimum absolute atomic E-state index is 0.0605. The molecule has 1 aliphatic rings. The normalized spacial score (nSPS) is 15.2. The molecule has 0 aromatic carbocycles. The van der Waals surface area contributed by atoms with E-state index >= 15 is 0 Å². The molecule has 2 rings (SSSR count). The monoisotopic (exact) mass is 302 g/mol. The molecule has 1 amide bonds. The molecule has 0 saturated carbocycles. The zero-order chi connectivity index (χ0) is 10.3. The van der Waals surface area contributed by atoms with Gasteiger partial charge >= 0.3 is 0 Å². The van der Waals surface area contributed by atoms with Crippen molar-refractivity contribution in [1.29, 1.82) is 5.26 Å². The van der Waals surface area contributed by atoms with E-state index < -0.39 is 0 Å². The number of aromatic nitrogens is 2. The molecule has 14 heavy (non-hydrogen) atoms. The van der Waals surface area contributed by atoms with Crippen LogP contribution in [0.1, 0.15) is 21.7 Å². The van der Waals surface area contributed by atoms with Crippen molar-refractivity contribution in [3.63, 3.8) is 0 Å². The van der Waals surface area contributed by atoms with Crippen LogP contribution in [0.2, 0.25) is 0 Å². The number of carbonyl (C=O) groups excluding carboxylic acids is 1. The van der Waals surface area contributed by atoms with Crippen molar-refractivity contribution < 1.29 is 4.79 Å². The van der Waals surface area contributed by atoms with E-state index in [-0.39, 0.29) is 5.91 Å². The summed E-state index contributed by atoms with van der Waals surface area (Å²) in [5.74, 6) is -0.0605. The van der Waals surface area contributed by atoms with E-state index in [9.17, 15) is 4.79 Å². The summed E-state index contributed by atoms with van der Waals surface area (Å²) >= 11 is 1.92. The van der Waals surface area contributed by atoms with E-state index in [4.69, 9.17) is 5.26 Å². The fourth-order valence-electron chi connectivity index (χ4n) is 1.52. The van der Waals surface area contributed by atoms with Gasteiger partial charge in [0.25, 0.3) is 5.91 Å². The SMILES string of the molecule is CN1CCc2c(C#N)nn(I)c2C1=O. The summed E-state index contributed by atoms with van der Waals surface area (Å²) in [7, 11) is 1.75. The van der Waals surface area contributed by atoms with Crippen LogP contribution < -0.4 is 0 Å². The van der Waals surface area contributed by atoms with Crippen LogP contribution in [0.25, 0.3) is 0 Å². The van der Waals surface area contributed by atoms with Crippen LogP contribution in [0, 0.1) is 11.3 Å². The molecule has 0 radical (unpaired) electrons. The number of halogens is 1. The number of carbonyl (C=O) groups is 1. The summed E-state index contributed by atoms with van der Waals surface area (Å²) in [6.07, 6.45) is 0.712. The molecule has 2 heterocycles. The van der Waals surface area contributed by atoms with E-state index in [1.54, 1.807) is 11.9 Å². The van der Waals surface area contributed by atoms with E-state index in [0.717, 1.165) is 5.56 Å². The highest BCUT2D eigenvalue weighted by molar-refractivity contribution is 14.1. The quantitative estimate of drug-likeness (QED) is 0.659. The molecular formula is C8H7IN4O. The van der Waals surface area contributed by atoms with E-state index in [1.165, 1.54) is 2.90 Å². The molecule has 0 spiro atoms. The average Bonchev–Trinajstić information content (AvgIpc) is 2.49. The Kier molecular flexibility index (Phi) is 2.19. The summed E-state index contributed by atoms with van der Waals surface area (Å²) in [5.41, 5.74) is 1.69. The molecule has 6 heteroatoms. The van der Waals surface area contributed by atoms with Crippen LogP contribution in [-0.2, 0) is 6.42 Å². The fourth-order valence-corrected chi connectivity index (χ4v) is 2.23. The first kappa shape index (κ1) is 9.45. The number of rotatable bonds is 0. The molecule has 1 aliphatic heterocycles. The lowest BCUT2D eigenvalue weighted by Crippen LogP contribution is -2.34. The number of amides is 1. The molecule has 1 aromatic rings. The molecule has 5 nitrogen and oxygen atoms in total. The molecule has 0 fully saturated rings. The van der Waals surface area contributed by atoms with Crippen molar-refractivity contribution in [2.75, 3.05) is 13.6 Å². The Morgan fingerprint density at radius 1 is 1.64 bits per heavy atom. The molecule has 0 aliphatic carbocycles. The Bertz CT molecular complexity index is 445. The Balaban J connectivity index is 2.62. The van der Waals surface area contributed by atoms with Crippen LogP contribution >= 0.6 is 22.9 Å². The Morgan fingerprint density at radius 3 is 3.00 bits per heavy atom. The summed E-state index contributed by atoms with van der Waals surface area (Å²) in [6.45, 7) is 0.656. The highest BCUT2D eigenvalue weighted by atomic mass is 127. The first-order valence-corrected chi connectivity index (χ1v) is 5.05. The second-order valence-corrected chi connectivity index (χ2v) is 4.04. The van der Waals surface area contributed by atoms with Crippen molar-refractivity contribution in [2.45, 2.75) is 6.42 Å². The Morgan fingerprint density at radius 2 is 2.36 bits per heavy atom. The molecular weight excluding hydrogens is 295 g/mol. The van der Waals surface area contributed by atoms with Crippen LogP contribution in [0.15, 0.2) is 0 Å². The van der Waals surface area contributed by atoms with Gasteiger partial charge in [-0.05, 0) is 6.42 Å². The van der Waals surface area contributed by atoms with Gasteiger partial charge < -0.3 is 4.90 Å². The maximum Gasteiger partial charge on any atom is 0.273 e. The highest BCUT2D eigenvalue weighted by Crippen LogP contribution is 2.22. The van der Waals surface area contributed by atoms with E-state index in [2.05, 4.69) is 5.10 Å². The summed E-state index contributed by atoms with van der Waals surface area (Å²) < 4.78 is 1.46. The summed E-state index contributed by atoms with van der Waals surface area (Å²) in [5, 5.41) is 12.8. The molecule has 1 aromatic heterocycles. The summed E-state index contributed by atoms with van der Waals surface area (Å²) in [6, 6.07) is 2.00. The molecule has 0 saturated heterocycles. The second kappa shape index (κ2) is 3.24. The average molecular weight is 302 g/mol. The van der Waals surface area contributed by atoms with Crippen molar-refractivity contribution >= 4 is 28.8 Å². The largest absolute Gasteiger partial charge is 0.340 e. The van der Waals surface area contributed by atoms with E-state index in [1.807, 2.05) is 28.9 Å². The lowest BCUT2D eigenvalue weighted by Gasteiger charge is -2.22. The van der Waals surface area contributed by atoms with Gasteiger partial charge in [0.15, 0.2) is 5.69 Å². The third kappa shape index (κ3) is 1.19. The van der Waals surface area contributed by atoms with Crippen molar-refractivity contribution in [2.24, 2.45) is 0 Å². The predicted octanol–water partition coefficient (Wildman–Crippen LogP) is 0.581. The third-order valence-electron chi connectivity index (χ3n) is 2.30. The molecule has 0 atom stereocenters. The van der Waals surface area contributed by atoms with Gasteiger partial charge in [-0.1, -0.05) is 0 Å². The smallest absolute Gasteiger partial charge is 0.273 e. The number of likely N-dealkylation sites (N-methyl/N-ethyl adjacent to an activating group) is 1. The number of nitriles is 1. The van der Waals surface area contributed by atoms with Crippen LogP contribution in [0.4, 0.5) is 0 Å². The minimum atomic E-state index is -0.0605. The number of hydrogen-bond acceptors (Lipinski definition) is 3.